The average Bonchev–Trinajstić information content (AvgIpc) is 2.93. The highest BCUT2D eigenvalue weighted by Gasteiger charge is 2.41. The minimum absolute atomic E-state index is 0.213. The SMILES string of the molecule is O=[N+]([O-])c1ccccc1S[C@H]1C2=C[C@@H](CC2)[C@@H]1Br. The minimum Gasteiger partial charge on any atom is -0.258 e. The van der Waals surface area contributed by atoms with Gasteiger partial charge < -0.3 is 0 Å². The van der Waals surface area contributed by atoms with Crippen molar-refractivity contribution in [2.75, 3.05) is 0 Å². The summed E-state index contributed by atoms with van der Waals surface area (Å²) in [6, 6.07) is 7.00. The number of fused-ring (bicyclic) bond motifs is 1. The third-order valence-electron chi connectivity index (χ3n) is 3.57. The summed E-state index contributed by atoms with van der Waals surface area (Å²) in [5.41, 5.74) is 1.66. The summed E-state index contributed by atoms with van der Waals surface area (Å²) in [5.74, 6) is 0.611. The number of nitrogens with zero attached hydrogens (tertiary/aromatic N) is 1. The fourth-order valence-electron chi connectivity index (χ4n) is 2.68. The molecule has 0 radical (unpaired) electrons. The van der Waals surface area contributed by atoms with Crippen molar-refractivity contribution in [2.24, 2.45) is 5.92 Å². The van der Waals surface area contributed by atoms with Crippen molar-refractivity contribution in [3.05, 3.63) is 46.0 Å². The number of allylic oxidation sites excluding steroid dienone is 1. The van der Waals surface area contributed by atoms with Crippen LogP contribution in [0.4, 0.5) is 5.69 Å². The van der Waals surface area contributed by atoms with Crippen molar-refractivity contribution in [3.8, 4) is 0 Å². The standard InChI is InChI=1S/C13H12BrNO2S/c14-12-8-5-6-9(7-8)13(12)18-11-4-2-1-3-10(11)15(16)17/h1-4,7-8,12-13H,5-6H2/t8-,12+,13+/m1/s1. The summed E-state index contributed by atoms with van der Waals surface area (Å²) in [5, 5.41) is 11.4. The van der Waals surface area contributed by atoms with Crippen LogP contribution in [-0.2, 0) is 0 Å². The third kappa shape index (κ3) is 1.99. The molecule has 0 fully saturated rings. The lowest BCUT2D eigenvalue weighted by Gasteiger charge is -2.25. The van der Waals surface area contributed by atoms with Gasteiger partial charge in [0.1, 0.15) is 0 Å². The zero-order valence-electron chi connectivity index (χ0n) is 9.58. The van der Waals surface area contributed by atoms with Crippen LogP contribution >= 0.6 is 27.7 Å². The fraction of sp³-hybridized carbons (Fsp3) is 0.385. The maximum atomic E-state index is 11.0. The zero-order chi connectivity index (χ0) is 12.7. The molecule has 3 rings (SSSR count). The summed E-state index contributed by atoms with van der Waals surface area (Å²) in [4.78, 5) is 11.9. The van der Waals surface area contributed by atoms with Gasteiger partial charge in [-0.25, -0.2) is 0 Å². The summed E-state index contributed by atoms with van der Waals surface area (Å²) in [6.07, 6.45) is 4.70. The van der Waals surface area contributed by atoms with Crippen LogP contribution in [0.2, 0.25) is 0 Å². The number of alkyl halides is 1. The molecule has 0 spiro atoms. The Hall–Kier alpha value is -0.810. The van der Waals surface area contributed by atoms with Crippen molar-refractivity contribution >= 4 is 33.4 Å². The Morgan fingerprint density at radius 3 is 2.83 bits per heavy atom. The van der Waals surface area contributed by atoms with Crippen LogP contribution in [0.1, 0.15) is 12.8 Å². The van der Waals surface area contributed by atoms with Crippen molar-refractivity contribution in [1.82, 2.24) is 0 Å². The second kappa shape index (κ2) is 4.70. The number of hydrogen-bond acceptors (Lipinski definition) is 3. The molecule has 0 aliphatic heterocycles. The van der Waals surface area contributed by atoms with Crippen LogP contribution in [0.15, 0.2) is 40.8 Å². The summed E-state index contributed by atoms with van der Waals surface area (Å²) in [6.45, 7) is 0. The maximum Gasteiger partial charge on any atom is 0.282 e. The van der Waals surface area contributed by atoms with E-state index >= 15 is 0 Å². The first-order chi connectivity index (χ1) is 8.66. The van der Waals surface area contributed by atoms with Gasteiger partial charge in [-0.2, -0.15) is 0 Å². The van der Waals surface area contributed by atoms with Gasteiger partial charge in [-0.1, -0.05) is 39.7 Å². The van der Waals surface area contributed by atoms with Gasteiger partial charge in [0.25, 0.3) is 5.69 Å². The number of thioether (sulfide) groups is 1. The lowest BCUT2D eigenvalue weighted by atomic mass is 9.99. The van der Waals surface area contributed by atoms with Crippen LogP contribution in [-0.4, -0.2) is 15.0 Å². The van der Waals surface area contributed by atoms with Crippen LogP contribution in [0.25, 0.3) is 0 Å². The normalized spacial score (nSPS) is 29.4. The lowest BCUT2D eigenvalue weighted by molar-refractivity contribution is -0.387. The Morgan fingerprint density at radius 2 is 2.17 bits per heavy atom. The molecule has 0 saturated carbocycles. The molecule has 2 aliphatic rings. The molecule has 3 atom stereocenters. The summed E-state index contributed by atoms with van der Waals surface area (Å²) < 4.78 is 0. The van der Waals surface area contributed by atoms with Gasteiger partial charge in [0, 0.05) is 16.1 Å². The Balaban J connectivity index is 1.85. The van der Waals surface area contributed by atoms with E-state index in [1.165, 1.54) is 12.0 Å². The van der Waals surface area contributed by atoms with E-state index in [0.717, 1.165) is 11.3 Å². The third-order valence-corrected chi connectivity index (χ3v) is 6.58. The number of nitro groups is 1. The molecule has 1 aromatic carbocycles. The summed E-state index contributed by atoms with van der Waals surface area (Å²) in [7, 11) is 0. The molecule has 0 amide bonds. The molecule has 1 aromatic rings. The molecule has 0 saturated heterocycles. The van der Waals surface area contributed by atoms with E-state index in [4.69, 9.17) is 0 Å². The molecule has 0 aromatic heterocycles. The van der Waals surface area contributed by atoms with E-state index in [0.29, 0.717) is 16.0 Å². The Bertz CT molecular complexity index is 531. The largest absolute Gasteiger partial charge is 0.282 e. The molecular weight excluding hydrogens is 314 g/mol. The predicted octanol–water partition coefficient (Wildman–Crippen LogP) is 4.17. The van der Waals surface area contributed by atoms with Crippen LogP contribution in [0.5, 0.6) is 0 Å². The van der Waals surface area contributed by atoms with Gasteiger partial charge in [0.05, 0.1) is 9.82 Å². The smallest absolute Gasteiger partial charge is 0.258 e. The van der Waals surface area contributed by atoms with Gasteiger partial charge in [0.15, 0.2) is 0 Å². The second-order valence-electron chi connectivity index (χ2n) is 4.65. The Labute approximate surface area is 118 Å². The van der Waals surface area contributed by atoms with Gasteiger partial charge in [-0.15, -0.1) is 11.8 Å². The lowest BCUT2D eigenvalue weighted by Crippen LogP contribution is -2.23. The number of halogens is 1. The molecule has 0 unspecified atom stereocenters. The first-order valence-corrected chi connectivity index (χ1v) is 7.71. The van der Waals surface area contributed by atoms with Crippen molar-refractivity contribution in [3.63, 3.8) is 0 Å². The molecular formula is C13H12BrNO2S. The van der Waals surface area contributed by atoms with Gasteiger partial charge in [-0.05, 0) is 24.8 Å². The summed E-state index contributed by atoms with van der Waals surface area (Å²) >= 11 is 5.36. The quantitative estimate of drug-likeness (QED) is 0.362. The monoisotopic (exact) mass is 325 g/mol. The van der Waals surface area contributed by atoms with Crippen LogP contribution in [0.3, 0.4) is 0 Å². The van der Waals surface area contributed by atoms with Gasteiger partial charge in [0.2, 0.25) is 0 Å². The first-order valence-electron chi connectivity index (χ1n) is 5.91. The first kappa shape index (κ1) is 12.2. The predicted molar refractivity (Wildman–Crippen MR) is 76.3 cm³/mol. The van der Waals surface area contributed by atoms with Gasteiger partial charge in [-0.3, -0.25) is 10.1 Å². The molecule has 18 heavy (non-hydrogen) atoms. The number of hydrogen-bond donors (Lipinski definition) is 0. The number of nitro benzene ring substituents is 1. The highest BCUT2D eigenvalue weighted by molar-refractivity contribution is 9.09. The molecule has 0 N–H and O–H groups in total. The van der Waals surface area contributed by atoms with Crippen molar-refractivity contribution < 1.29 is 4.92 Å². The number of para-hydroxylation sites is 1. The Kier molecular flexibility index (Phi) is 3.20. The van der Waals surface area contributed by atoms with E-state index in [9.17, 15) is 10.1 Å². The van der Waals surface area contributed by atoms with Crippen molar-refractivity contribution in [2.45, 2.75) is 27.8 Å². The van der Waals surface area contributed by atoms with Gasteiger partial charge >= 0.3 is 0 Å². The van der Waals surface area contributed by atoms with E-state index in [1.54, 1.807) is 23.9 Å². The van der Waals surface area contributed by atoms with E-state index in [1.807, 2.05) is 12.1 Å². The fourth-order valence-corrected chi connectivity index (χ4v) is 5.13. The molecule has 2 bridgehead atoms. The highest BCUT2D eigenvalue weighted by Crippen LogP contribution is 2.50. The Morgan fingerprint density at radius 1 is 1.39 bits per heavy atom. The topological polar surface area (TPSA) is 43.1 Å². The van der Waals surface area contributed by atoms with E-state index in [2.05, 4.69) is 22.0 Å². The zero-order valence-corrected chi connectivity index (χ0v) is 12.0. The number of rotatable bonds is 3. The second-order valence-corrected chi connectivity index (χ2v) is 6.89. The average molecular weight is 326 g/mol. The maximum absolute atomic E-state index is 11.0. The van der Waals surface area contributed by atoms with Crippen LogP contribution < -0.4 is 0 Å². The molecule has 2 aliphatic carbocycles. The minimum atomic E-state index is -0.298. The van der Waals surface area contributed by atoms with E-state index < -0.39 is 0 Å². The molecule has 0 heterocycles. The number of benzene rings is 1. The van der Waals surface area contributed by atoms with Crippen molar-refractivity contribution in [1.29, 1.82) is 0 Å². The molecule has 5 heteroatoms. The van der Waals surface area contributed by atoms with Crippen LogP contribution in [0, 0.1) is 16.0 Å². The molecule has 3 nitrogen and oxygen atoms in total. The highest BCUT2D eigenvalue weighted by atomic mass is 79.9. The van der Waals surface area contributed by atoms with E-state index in [-0.39, 0.29) is 10.6 Å². The molecule has 94 valence electrons.